The maximum atomic E-state index is 12.8. The molecule has 2 rings (SSSR count). The topological polar surface area (TPSA) is 64.9 Å². The summed E-state index contributed by atoms with van der Waals surface area (Å²) in [6.45, 7) is 1.50. The minimum absolute atomic E-state index is 0.0418. The van der Waals surface area contributed by atoms with E-state index >= 15 is 0 Å². The van der Waals surface area contributed by atoms with Gasteiger partial charge in [0.05, 0.1) is 11.3 Å². The largest absolute Gasteiger partial charge is 0.417 e. The van der Waals surface area contributed by atoms with Crippen molar-refractivity contribution in [2.24, 2.45) is 0 Å². The molecule has 0 unspecified atom stereocenters. The van der Waals surface area contributed by atoms with Crippen molar-refractivity contribution in [2.75, 3.05) is 11.5 Å². The summed E-state index contributed by atoms with van der Waals surface area (Å²) in [7, 11) is 0. The average Bonchev–Trinajstić information content (AvgIpc) is 2.39. The van der Waals surface area contributed by atoms with Gasteiger partial charge in [-0.3, -0.25) is 0 Å². The maximum absolute atomic E-state index is 12.8. The molecule has 0 aliphatic heterocycles. The van der Waals surface area contributed by atoms with Crippen molar-refractivity contribution in [2.45, 2.75) is 13.1 Å². The highest BCUT2D eigenvalue weighted by molar-refractivity contribution is 7.23. The van der Waals surface area contributed by atoms with Gasteiger partial charge in [0, 0.05) is 11.1 Å². The lowest BCUT2D eigenvalue weighted by atomic mass is 10.1. The Hall–Kier alpha value is -1.50. The first-order chi connectivity index (χ1) is 7.30. The quantitative estimate of drug-likeness (QED) is 0.752. The van der Waals surface area contributed by atoms with Crippen LogP contribution in [-0.4, -0.2) is 4.98 Å². The number of aryl methyl sites for hydroxylation is 1. The van der Waals surface area contributed by atoms with Crippen LogP contribution in [0.25, 0.3) is 10.2 Å². The molecule has 0 fully saturated rings. The maximum Gasteiger partial charge on any atom is 0.417 e. The van der Waals surface area contributed by atoms with Crippen molar-refractivity contribution in [3.05, 3.63) is 17.3 Å². The van der Waals surface area contributed by atoms with Gasteiger partial charge in [-0.2, -0.15) is 13.2 Å². The molecule has 7 heteroatoms. The number of rotatable bonds is 0. The first-order valence-corrected chi connectivity index (χ1v) is 5.14. The van der Waals surface area contributed by atoms with E-state index in [0.29, 0.717) is 5.69 Å². The molecule has 0 bridgehead atoms. The van der Waals surface area contributed by atoms with Crippen LogP contribution in [0, 0.1) is 6.92 Å². The molecule has 0 saturated heterocycles. The van der Waals surface area contributed by atoms with Gasteiger partial charge < -0.3 is 11.5 Å². The lowest BCUT2D eigenvalue weighted by Crippen LogP contribution is -2.07. The van der Waals surface area contributed by atoms with Crippen LogP contribution in [0.3, 0.4) is 0 Å². The molecule has 4 N–H and O–H groups in total. The molecule has 0 radical (unpaired) electrons. The number of fused-ring (bicyclic) bond motifs is 1. The van der Waals surface area contributed by atoms with Crippen LogP contribution >= 0.6 is 11.3 Å². The molecule has 0 aromatic carbocycles. The Morgan fingerprint density at radius 1 is 1.31 bits per heavy atom. The van der Waals surface area contributed by atoms with Crippen molar-refractivity contribution >= 4 is 32.2 Å². The molecule has 86 valence electrons. The van der Waals surface area contributed by atoms with E-state index in [2.05, 4.69) is 4.98 Å². The Bertz CT molecular complexity index is 559. The van der Waals surface area contributed by atoms with Crippen molar-refractivity contribution in [3.63, 3.8) is 0 Å². The molecule has 2 aromatic heterocycles. The van der Waals surface area contributed by atoms with E-state index in [1.165, 1.54) is 6.92 Å². The van der Waals surface area contributed by atoms with E-state index in [1.807, 2.05) is 0 Å². The first-order valence-electron chi connectivity index (χ1n) is 4.33. The number of aromatic nitrogens is 1. The number of nitrogens with two attached hydrogens (primary N) is 2. The highest BCUT2D eigenvalue weighted by Gasteiger charge is 2.35. The number of thiophene rings is 1. The zero-order valence-electron chi connectivity index (χ0n) is 8.22. The van der Waals surface area contributed by atoms with Gasteiger partial charge in [0.15, 0.2) is 0 Å². The summed E-state index contributed by atoms with van der Waals surface area (Å²) in [5.74, 6) is 0. The number of nitrogen functional groups attached to an aromatic ring is 2. The van der Waals surface area contributed by atoms with Gasteiger partial charge in [-0.1, -0.05) is 11.3 Å². The minimum atomic E-state index is -4.45. The number of nitrogens with zero attached hydrogens (tertiary/aromatic N) is 1. The minimum Gasteiger partial charge on any atom is -0.396 e. The third kappa shape index (κ3) is 1.57. The molecule has 16 heavy (non-hydrogen) atoms. The van der Waals surface area contributed by atoms with Crippen LogP contribution in [0.1, 0.15) is 11.3 Å². The molecule has 0 saturated carbocycles. The molecular formula is C9H8F3N3S. The number of alkyl halides is 3. The Morgan fingerprint density at radius 2 is 1.94 bits per heavy atom. The molecule has 0 amide bonds. The monoisotopic (exact) mass is 247 g/mol. The van der Waals surface area contributed by atoms with Crippen LogP contribution in [0.2, 0.25) is 0 Å². The molecule has 3 nitrogen and oxygen atoms in total. The third-order valence-corrected chi connectivity index (χ3v) is 3.09. The zero-order valence-corrected chi connectivity index (χ0v) is 9.04. The standard InChI is InChI=1S/C9H8F3N3S/c1-3-2-4(9(10,11)12)5-6(13)7(14)16-8(5)15-3/h2H,13-14H2,1H3. The molecule has 0 aliphatic rings. The summed E-state index contributed by atoms with van der Waals surface area (Å²) >= 11 is 0.965. The third-order valence-electron chi connectivity index (χ3n) is 2.16. The number of halogens is 3. The van der Waals surface area contributed by atoms with Crippen LogP contribution in [0.4, 0.5) is 23.9 Å². The molecule has 2 aromatic rings. The van der Waals surface area contributed by atoms with Gasteiger partial charge in [0.25, 0.3) is 0 Å². The van der Waals surface area contributed by atoms with E-state index in [4.69, 9.17) is 11.5 Å². The highest BCUT2D eigenvalue weighted by Crippen LogP contribution is 2.43. The first kappa shape index (κ1) is 11.0. The molecule has 0 spiro atoms. The number of pyridine rings is 1. The van der Waals surface area contributed by atoms with E-state index in [0.717, 1.165) is 17.4 Å². The molecule has 0 atom stereocenters. The summed E-state index contributed by atoms with van der Waals surface area (Å²) in [6.07, 6.45) is -4.45. The van der Waals surface area contributed by atoms with Crippen LogP contribution in [-0.2, 0) is 6.18 Å². The fourth-order valence-electron chi connectivity index (χ4n) is 1.48. The van der Waals surface area contributed by atoms with Crippen molar-refractivity contribution in [1.82, 2.24) is 4.98 Å². The van der Waals surface area contributed by atoms with Crippen molar-refractivity contribution < 1.29 is 13.2 Å². The lowest BCUT2D eigenvalue weighted by Gasteiger charge is -2.09. The second kappa shape index (κ2) is 3.24. The summed E-state index contributed by atoms with van der Waals surface area (Å²) in [4.78, 5) is 4.21. The highest BCUT2D eigenvalue weighted by atomic mass is 32.1. The summed E-state index contributed by atoms with van der Waals surface area (Å²) in [5, 5.41) is 0.0687. The normalized spacial score (nSPS) is 12.2. The fraction of sp³-hybridized carbons (Fsp3) is 0.222. The Kier molecular flexibility index (Phi) is 2.23. The SMILES string of the molecule is Cc1cc(C(F)(F)F)c2c(N)c(N)sc2n1. The predicted octanol–water partition coefficient (Wildman–Crippen LogP) is 2.79. The van der Waals surface area contributed by atoms with E-state index in [9.17, 15) is 13.2 Å². The predicted molar refractivity (Wildman–Crippen MR) is 58.2 cm³/mol. The van der Waals surface area contributed by atoms with E-state index in [1.54, 1.807) is 0 Å². The van der Waals surface area contributed by atoms with Gasteiger partial charge in [-0.05, 0) is 13.0 Å². The Balaban J connectivity index is 2.91. The van der Waals surface area contributed by atoms with Gasteiger partial charge in [0.2, 0.25) is 0 Å². The van der Waals surface area contributed by atoms with Crippen molar-refractivity contribution in [3.8, 4) is 0 Å². The van der Waals surface area contributed by atoms with Crippen molar-refractivity contribution in [1.29, 1.82) is 0 Å². The van der Waals surface area contributed by atoms with Gasteiger partial charge in [0.1, 0.15) is 9.83 Å². The Labute approximate surface area is 92.9 Å². The van der Waals surface area contributed by atoms with Gasteiger partial charge >= 0.3 is 6.18 Å². The number of anilines is 2. The lowest BCUT2D eigenvalue weighted by molar-refractivity contribution is -0.136. The summed E-state index contributed by atoms with van der Waals surface area (Å²) < 4.78 is 38.3. The average molecular weight is 247 g/mol. The van der Waals surface area contributed by atoms with Gasteiger partial charge in [-0.25, -0.2) is 4.98 Å². The number of hydrogen-bond donors (Lipinski definition) is 2. The Morgan fingerprint density at radius 3 is 2.50 bits per heavy atom. The smallest absolute Gasteiger partial charge is 0.396 e. The van der Waals surface area contributed by atoms with Crippen LogP contribution < -0.4 is 11.5 Å². The number of hydrogen-bond acceptors (Lipinski definition) is 4. The second-order valence-corrected chi connectivity index (χ2v) is 4.40. The molecule has 2 heterocycles. The van der Waals surface area contributed by atoms with E-state index < -0.39 is 11.7 Å². The molecule has 0 aliphatic carbocycles. The van der Waals surface area contributed by atoms with Crippen LogP contribution in [0.5, 0.6) is 0 Å². The van der Waals surface area contributed by atoms with Crippen LogP contribution in [0.15, 0.2) is 6.07 Å². The summed E-state index contributed by atoms with van der Waals surface area (Å²) in [6, 6.07) is 0.977. The van der Waals surface area contributed by atoms with E-state index in [-0.39, 0.29) is 20.9 Å². The zero-order chi connectivity index (χ0) is 12.1. The fourth-order valence-corrected chi connectivity index (χ4v) is 2.42. The second-order valence-electron chi connectivity index (χ2n) is 3.37. The summed E-state index contributed by atoms with van der Waals surface area (Å²) in [5.41, 5.74) is 10.5. The molecular weight excluding hydrogens is 239 g/mol. The van der Waals surface area contributed by atoms with Gasteiger partial charge in [-0.15, -0.1) is 0 Å².